The zero-order valence-corrected chi connectivity index (χ0v) is 23.5. The van der Waals surface area contributed by atoms with Crippen molar-refractivity contribution >= 4 is 34.6 Å². The van der Waals surface area contributed by atoms with E-state index in [-0.39, 0.29) is 17.2 Å². The molecule has 0 aliphatic rings. The number of nitro groups is 1. The van der Waals surface area contributed by atoms with Crippen molar-refractivity contribution in [1.82, 2.24) is 0 Å². The van der Waals surface area contributed by atoms with Gasteiger partial charge in [0.05, 0.1) is 21.7 Å². The Morgan fingerprint density at radius 1 is 0.895 bits per heavy atom. The number of benzene rings is 3. The number of alkyl halides is 6. The molecule has 3 rings (SSSR count). The van der Waals surface area contributed by atoms with E-state index < -0.39 is 71.8 Å². The van der Waals surface area contributed by atoms with Crippen molar-refractivity contribution in [3.63, 3.8) is 0 Å². The number of hydrogen-bond acceptors (Lipinski definition) is 4. The van der Waals surface area contributed by atoms with Crippen LogP contribution < -0.4 is 0 Å². The number of aliphatic imine (C=N–C) groups is 1. The maximum absolute atomic E-state index is 13.1. The monoisotopic (exact) mass is 656 g/mol. The predicted molar refractivity (Wildman–Crippen MR) is 129 cm³/mol. The summed E-state index contributed by atoms with van der Waals surface area (Å²) in [5.41, 5.74) is -4.62. The van der Waals surface area contributed by atoms with Crippen LogP contribution >= 0.6 is 17.0 Å². The molecule has 14 heteroatoms. The molecule has 0 unspecified atom stereocenters. The van der Waals surface area contributed by atoms with Crippen LogP contribution in [0.5, 0.6) is 5.75 Å². The molecule has 0 radical (unpaired) electrons. The Kier molecular flexibility index (Phi) is 10.6. The van der Waals surface area contributed by atoms with Crippen molar-refractivity contribution in [1.29, 1.82) is 0 Å². The first-order valence-corrected chi connectivity index (χ1v) is 16.7. The zero-order chi connectivity index (χ0) is 28.9. The number of nitro benzene ring substituents is 1. The summed E-state index contributed by atoms with van der Waals surface area (Å²) in [6.45, 7) is 3.40. The number of nitrogens with zero attached hydrogens (tertiary/aromatic N) is 2. The second kappa shape index (κ2) is 12.6. The van der Waals surface area contributed by atoms with E-state index in [0.717, 1.165) is 18.3 Å². The average Bonchev–Trinajstić information content (AvgIpc) is 2.83. The van der Waals surface area contributed by atoms with Crippen molar-refractivity contribution in [2.24, 2.45) is 4.99 Å². The molecule has 1 N–H and O–H groups in total. The van der Waals surface area contributed by atoms with E-state index in [0.29, 0.717) is 17.7 Å². The summed E-state index contributed by atoms with van der Waals surface area (Å²) in [5, 5.41) is 22.4. The van der Waals surface area contributed by atoms with Gasteiger partial charge in [-0.3, -0.25) is 15.1 Å². The van der Waals surface area contributed by atoms with Gasteiger partial charge >= 0.3 is 50.2 Å². The van der Waals surface area contributed by atoms with Gasteiger partial charge < -0.3 is 5.11 Å². The quantitative estimate of drug-likeness (QED) is 0.129. The number of phenols is 1. The molecule has 0 spiro atoms. The van der Waals surface area contributed by atoms with Gasteiger partial charge in [0.15, 0.2) is 0 Å². The molecular weight excluding hydrogens is 640 g/mol. The van der Waals surface area contributed by atoms with E-state index >= 15 is 0 Å². The average molecular weight is 659 g/mol. The van der Waals surface area contributed by atoms with Gasteiger partial charge in [-0.2, -0.15) is 26.3 Å². The normalized spacial score (nSPS) is 12.2. The number of halogens is 8. The summed E-state index contributed by atoms with van der Waals surface area (Å²) >= 11 is -0.826. The Morgan fingerprint density at radius 2 is 1.39 bits per heavy atom. The van der Waals surface area contributed by atoms with E-state index in [4.69, 9.17) is 17.0 Å². The molecule has 3 aromatic carbocycles. The van der Waals surface area contributed by atoms with E-state index in [1.165, 1.54) is 0 Å². The summed E-state index contributed by atoms with van der Waals surface area (Å²) < 4.78 is 78.7. The van der Waals surface area contributed by atoms with Crippen LogP contribution in [0.15, 0.2) is 65.7 Å². The number of non-ortho nitro benzene ring substituents is 1. The summed E-state index contributed by atoms with van der Waals surface area (Å²) in [6.07, 6.45) is -9.33. The molecule has 0 saturated heterocycles. The fraction of sp³-hybridized carbons (Fsp3) is 0.208. The van der Waals surface area contributed by atoms with Crippen LogP contribution in [0.25, 0.3) is 0 Å². The summed E-state index contributed by atoms with van der Waals surface area (Å²) in [5.74, 6) is -0.448. The zero-order valence-electron chi connectivity index (χ0n) is 19.5. The van der Waals surface area contributed by atoms with Gasteiger partial charge in [-0.25, -0.2) is 0 Å². The molecule has 202 valence electrons. The van der Waals surface area contributed by atoms with Crippen LogP contribution in [-0.2, 0) is 38.6 Å². The van der Waals surface area contributed by atoms with Crippen molar-refractivity contribution in [3.05, 3.63) is 98.6 Å². The minimum atomic E-state index is -5.06. The fourth-order valence-corrected chi connectivity index (χ4v) is 3.49. The Labute approximate surface area is 231 Å². The third-order valence-corrected chi connectivity index (χ3v) is 5.43. The molecule has 5 nitrogen and oxygen atoms in total. The van der Waals surface area contributed by atoms with E-state index in [1.807, 2.05) is 0 Å². The molecule has 0 amide bonds. The van der Waals surface area contributed by atoms with Gasteiger partial charge in [-0.05, 0) is 23.8 Å². The van der Waals surface area contributed by atoms with Crippen molar-refractivity contribution in [2.75, 3.05) is 0 Å². The Balaban J connectivity index is 0.00000161. The molecule has 0 aliphatic heterocycles. The van der Waals surface area contributed by atoms with Crippen LogP contribution in [0.2, 0.25) is 0 Å². The molecule has 3 aromatic rings. The van der Waals surface area contributed by atoms with Crippen LogP contribution in [0.4, 0.5) is 37.7 Å². The third-order valence-electron chi connectivity index (χ3n) is 5.43. The number of hydrogen-bond donors (Lipinski definition) is 1. The molecule has 0 heterocycles. The molecule has 38 heavy (non-hydrogen) atoms. The molecule has 0 bridgehead atoms. The summed E-state index contributed by atoms with van der Waals surface area (Å²) in [6, 6.07) is 11.6. The summed E-state index contributed by atoms with van der Waals surface area (Å²) in [7, 11) is 9.87. The van der Waals surface area contributed by atoms with Crippen molar-refractivity contribution in [2.45, 2.75) is 31.6 Å². The minimum absolute atomic E-state index is 0.0374. The van der Waals surface area contributed by atoms with Gasteiger partial charge in [-0.15, -0.1) is 0 Å². The molecule has 0 atom stereocenters. The summed E-state index contributed by atoms with van der Waals surface area (Å²) in [4.78, 5) is 14.4. The predicted octanol–water partition coefficient (Wildman–Crippen LogP) is 8.79. The van der Waals surface area contributed by atoms with E-state index in [9.17, 15) is 41.6 Å². The van der Waals surface area contributed by atoms with Gasteiger partial charge in [0.2, 0.25) is 0 Å². The van der Waals surface area contributed by atoms with Gasteiger partial charge in [0.25, 0.3) is 5.69 Å². The third kappa shape index (κ3) is 8.04. The number of rotatable bonds is 5. The van der Waals surface area contributed by atoms with Gasteiger partial charge in [0.1, 0.15) is 5.75 Å². The SMILES string of the molecule is CC(C)(c1ccccc1)c1cc([N+](=O)[O-])cc(C=Nc2cc(C(F)(F)F)cc(C(F)(F)F)c2)c1O.[Cl][Zr][Cl]. The fourth-order valence-electron chi connectivity index (χ4n) is 3.49. The maximum atomic E-state index is 13.1. The van der Waals surface area contributed by atoms with E-state index in [2.05, 4.69) is 4.99 Å². The van der Waals surface area contributed by atoms with Crippen LogP contribution in [0.3, 0.4) is 0 Å². The van der Waals surface area contributed by atoms with Gasteiger partial charge in [0, 0.05) is 34.9 Å². The standard InChI is InChI=1S/C24H18F6N2O3.2ClH.Zr/c1-22(2,15-6-4-3-5-7-15)20-12-19(32(34)35)8-14(21(20)33)13-31-18-10-16(23(25,26)27)9-17(11-18)24(28,29)30;;;/h3-13,33H,1-2H3;2*1H;/q;;;+2/p-2. The van der Waals surface area contributed by atoms with Crippen molar-refractivity contribution in [3.8, 4) is 5.75 Å². The Bertz CT molecular complexity index is 1280. The number of phenolic OH excluding ortho intramolecular Hbond substituents is 1. The van der Waals surface area contributed by atoms with Crippen LogP contribution in [0, 0.1) is 10.1 Å². The van der Waals surface area contributed by atoms with Crippen molar-refractivity contribution < 1.29 is 57.2 Å². The number of aromatic hydroxyl groups is 1. The molecule has 0 saturated carbocycles. The first kappa shape index (κ1) is 31.8. The van der Waals surface area contributed by atoms with Crippen LogP contribution in [0.1, 0.15) is 41.7 Å². The topological polar surface area (TPSA) is 75.7 Å². The Hall–Kier alpha value is -2.43. The van der Waals surface area contributed by atoms with Gasteiger partial charge in [-0.1, -0.05) is 44.2 Å². The molecule has 0 fully saturated rings. The molecular formula is C24H18Cl2F6N2O3Zr. The second-order valence-electron chi connectivity index (χ2n) is 8.27. The first-order valence-electron chi connectivity index (χ1n) is 10.4. The van der Waals surface area contributed by atoms with E-state index in [1.54, 1.807) is 44.2 Å². The molecule has 0 aromatic heterocycles. The van der Waals surface area contributed by atoms with Crippen LogP contribution in [-0.4, -0.2) is 16.2 Å². The molecule has 0 aliphatic carbocycles. The first-order chi connectivity index (χ1) is 17.5. The second-order valence-corrected chi connectivity index (χ2v) is 12.0. The Morgan fingerprint density at radius 3 is 1.84 bits per heavy atom.